The third-order valence-electron chi connectivity index (χ3n) is 5.04. The molecule has 1 aromatic carbocycles. The molecule has 1 atom stereocenters. The van der Waals surface area contributed by atoms with Crippen molar-refractivity contribution < 1.29 is 14.2 Å². The molecular formula is C19H23N6O2+. The van der Waals surface area contributed by atoms with Crippen LogP contribution in [0.3, 0.4) is 0 Å². The number of aromatic nitrogens is 3. The maximum atomic E-state index is 13.0. The van der Waals surface area contributed by atoms with Crippen molar-refractivity contribution in [3.63, 3.8) is 0 Å². The minimum absolute atomic E-state index is 0.242. The largest absolute Gasteiger partial charge is 0.445 e. The number of carbonyl (C=O) groups excluding carboxylic acids is 2. The summed E-state index contributed by atoms with van der Waals surface area (Å²) in [4.78, 5) is 28.7. The average molecular weight is 367 g/mol. The number of nitrogens with zero attached hydrogens (tertiary/aromatic N) is 6. The number of hydrogen-bond donors (Lipinski definition) is 0. The Morgan fingerprint density at radius 2 is 1.81 bits per heavy atom. The van der Waals surface area contributed by atoms with Crippen LogP contribution in [0.5, 0.6) is 0 Å². The molecule has 0 saturated carbocycles. The molecule has 2 aliphatic rings. The molecular weight excluding hydrogens is 344 g/mol. The summed E-state index contributed by atoms with van der Waals surface area (Å²) in [6.07, 6.45) is 0. The number of carbonyl (C=O) groups is 2. The predicted octanol–water partition coefficient (Wildman–Crippen LogP) is 1.58. The molecule has 0 N–H and O–H groups in total. The van der Waals surface area contributed by atoms with Crippen LogP contribution in [0.25, 0.3) is 11.4 Å². The number of amides is 3. The number of fused-ring (bicyclic) bond motifs is 3. The van der Waals surface area contributed by atoms with E-state index < -0.39 is 6.04 Å². The van der Waals surface area contributed by atoms with Crippen molar-refractivity contribution in [2.24, 2.45) is 5.92 Å². The first-order chi connectivity index (χ1) is 12.8. The van der Waals surface area contributed by atoms with E-state index in [0.717, 1.165) is 11.1 Å². The number of urea groups is 1. The average Bonchev–Trinajstić information content (AvgIpc) is 3.18. The number of anilines is 1. The number of rotatable bonds is 3. The Labute approximate surface area is 157 Å². The Morgan fingerprint density at radius 1 is 1.15 bits per heavy atom. The summed E-state index contributed by atoms with van der Waals surface area (Å²) in [6, 6.07) is 7.04. The molecule has 1 aromatic heterocycles. The number of hydrogen-bond acceptors (Lipinski definition) is 5. The molecule has 0 saturated heterocycles. The summed E-state index contributed by atoms with van der Waals surface area (Å²) in [6.45, 7) is 6.84. The molecule has 3 amide bonds. The maximum absolute atomic E-state index is 13.0. The lowest BCUT2D eigenvalue weighted by Gasteiger charge is -2.28. The Balaban J connectivity index is 1.95. The van der Waals surface area contributed by atoms with Crippen molar-refractivity contribution in [3.8, 4) is 11.4 Å². The van der Waals surface area contributed by atoms with Gasteiger partial charge in [0.2, 0.25) is 17.7 Å². The Hall–Kier alpha value is -3.03. The molecule has 0 radical (unpaired) electrons. The van der Waals surface area contributed by atoms with Gasteiger partial charge < -0.3 is 4.90 Å². The van der Waals surface area contributed by atoms with E-state index in [-0.39, 0.29) is 11.9 Å². The topological polar surface area (TPSA) is 74.3 Å². The fourth-order valence-electron chi connectivity index (χ4n) is 3.70. The van der Waals surface area contributed by atoms with Gasteiger partial charge in [-0.3, -0.25) is 4.79 Å². The molecule has 0 spiro atoms. The number of likely N-dealkylation sites (N-methyl/N-ethyl adjacent to an activating group) is 1. The third-order valence-corrected chi connectivity index (χ3v) is 5.04. The van der Waals surface area contributed by atoms with Crippen LogP contribution in [0.1, 0.15) is 19.4 Å². The van der Waals surface area contributed by atoms with Crippen LogP contribution in [0.2, 0.25) is 0 Å². The van der Waals surface area contributed by atoms with E-state index in [1.54, 1.807) is 7.05 Å². The molecule has 0 aliphatic carbocycles. The number of aryl methyl sites for hydroxylation is 1. The Bertz CT molecular complexity index is 973. The summed E-state index contributed by atoms with van der Waals surface area (Å²) in [5, 5.41) is 8.76. The van der Waals surface area contributed by atoms with Crippen molar-refractivity contribution in [2.75, 3.05) is 25.5 Å². The van der Waals surface area contributed by atoms with Gasteiger partial charge in [-0.2, -0.15) is 9.47 Å². The van der Waals surface area contributed by atoms with Crippen molar-refractivity contribution in [3.05, 3.63) is 29.8 Å². The highest BCUT2D eigenvalue weighted by molar-refractivity contribution is 6.18. The number of imide groups is 1. The van der Waals surface area contributed by atoms with E-state index in [1.807, 2.05) is 40.7 Å². The number of benzene rings is 1. The van der Waals surface area contributed by atoms with Gasteiger partial charge in [-0.05, 0) is 25.0 Å². The highest BCUT2D eigenvalue weighted by Crippen LogP contribution is 2.33. The maximum Gasteiger partial charge on any atom is 0.445 e. The van der Waals surface area contributed by atoms with Gasteiger partial charge in [0.05, 0.1) is 14.1 Å². The van der Waals surface area contributed by atoms with Crippen LogP contribution in [0.15, 0.2) is 24.3 Å². The molecule has 8 heteroatoms. The standard InChI is InChI=1S/C19H23N6O2/c1-11(2)10-24-14-16(22(4)19(27)23(5)17(14)26)25-15(20-21-18(24)25)13-8-6-12(3)7-9-13/h6-9,11,14H,10H2,1-5H3/q+1. The van der Waals surface area contributed by atoms with Crippen LogP contribution < -0.4 is 4.90 Å². The molecule has 2 aromatic rings. The van der Waals surface area contributed by atoms with Gasteiger partial charge in [0, 0.05) is 12.1 Å². The highest BCUT2D eigenvalue weighted by Gasteiger charge is 2.55. The van der Waals surface area contributed by atoms with Crippen molar-refractivity contribution in [1.82, 2.24) is 19.7 Å². The summed E-state index contributed by atoms with van der Waals surface area (Å²) in [5.41, 5.74) is 2.04. The van der Waals surface area contributed by atoms with E-state index >= 15 is 0 Å². The summed E-state index contributed by atoms with van der Waals surface area (Å²) >= 11 is 0. The quantitative estimate of drug-likeness (QED) is 0.770. The first-order valence-corrected chi connectivity index (χ1v) is 9.02. The van der Waals surface area contributed by atoms with Gasteiger partial charge in [-0.1, -0.05) is 36.6 Å². The first kappa shape index (κ1) is 17.4. The summed E-state index contributed by atoms with van der Waals surface area (Å²) < 4.78 is 3.37. The van der Waals surface area contributed by atoms with Crippen LogP contribution in [0, 0.1) is 12.8 Å². The van der Waals surface area contributed by atoms with E-state index in [2.05, 4.69) is 24.0 Å². The summed E-state index contributed by atoms with van der Waals surface area (Å²) in [5.74, 6) is 1.91. The zero-order valence-electron chi connectivity index (χ0n) is 16.2. The van der Waals surface area contributed by atoms with E-state index in [9.17, 15) is 9.59 Å². The zero-order valence-corrected chi connectivity index (χ0v) is 16.2. The van der Waals surface area contributed by atoms with Gasteiger partial charge in [0.25, 0.3) is 5.95 Å². The first-order valence-electron chi connectivity index (χ1n) is 9.02. The second kappa shape index (κ2) is 6.00. The molecule has 0 bridgehead atoms. The molecule has 4 rings (SSSR count). The van der Waals surface area contributed by atoms with Gasteiger partial charge in [-0.15, -0.1) is 5.10 Å². The monoisotopic (exact) mass is 367 g/mol. The van der Waals surface area contributed by atoms with Gasteiger partial charge in [-0.25, -0.2) is 9.37 Å². The van der Waals surface area contributed by atoms with Crippen LogP contribution in [-0.2, 0) is 4.79 Å². The normalized spacial score (nSPS) is 19.3. The lowest BCUT2D eigenvalue weighted by Crippen LogP contribution is -2.60. The molecule has 140 valence electrons. The smallest absolute Gasteiger partial charge is 0.305 e. The van der Waals surface area contributed by atoms with Crippen LogP contribution in [-0.4, -0.2) is 68.7 Å². The minimum atomic E-state index is -0.574. The Morgan fingerprint density at radius 3 is 2.44 bits per heavy atom. The van der Waals surface area contributed by atoms with Crippen molar-refractivity contribution in [1.29, 1.82) is 0 Å². The lowest BCUT2D eigenvalue weighted by molar-refractivity contribution is -0.407. The zero-order chi connectivity index (χ0) is 19.5. The van der Waals surface area contributed by atoms with Gasteiger partial charge >= 0.3 is 11.9 Å². The second-order valence-corrected chi connectivity index (χ2v) is 7.57. The Kier molecular flexibility index (Phi) is 3.87. The predicted molar refractivity (Wildman–Crippen MR) is 101 cm³/mol. The van der Waals surface area contributed by atoms with Crippen LogP contribution >= 0.6 is 0 Å². The third kappa shape index (κ3) is 2.47. The molecule has 1 unspecified atom stereocenters. The van der Waals surface area contributed by atoms with Gasteiger partial charge in [0.15, 0.2) is 0 Å². The fourth-order valence-corrected chi connectivity index (χ4v) is 3.70. The van der Waals surface area contributed by atoms with E-state index in [1.165, 1.54) is 16.5 Å². The SMILES string of the molecule is Cc1ccc(-c2nnc3n2C2=[N+](C)C(=O)N(C)C(=O)C2N3CC(C)C)cc1. The van der Waals surface area contributed by atoms with Crippen molar-refractivity contribution in [2.45, 2.75) is 26.8 Å². The van der Waals surface area contributed by atoms with E-state index in [4.69, 9.17) is 0 Å². The molecule has 2 aliphatic heterocycles. The van der Waals surface area contributed by atoms with Crippen molar-refractivity contribution >= 4 is 23.7 Å². The molecule has 8 nitrogen and oxygen atoms in total. The van der Waals surface area contributed by atoms with Crippen LogP contribution in [0.4, 0.5) is 10.7 Å². The molecule has 0 fully saturated rings. The highest BCUT2D eigenvalue weighted by atomic mass is 16.2. The second-order valence-electron chi connectivity index (χ2n) is 7.57. The molecule has 3 heterocycles. The van der Waals surface area contributed by atoms with E-state index in [0.29, 0.717) is 30.1 Å². The summed E-state index contributed by atoms with van der Waals surface area (Å²) in [7, 11) is 3.21. The molecule has 27 heavy (non-hydrogen) atoms. The van der Waals surface area contributed by atoms with Gasteiger partial charge in [0.1, 0.15) is 0 Å². The minimum Gasteiger partial charge on any atom is -0.305 e. The fraction of sp³-hybridized carbons (Fsp3) is 0.421. The lowest BCUT2D eigenvalue weighted by atomic mass is 10.1.